The SMILES string of the molecule is CCN(CC)c1nc(=O)cc(C)cc1C. The monoisotopic (exact) mass is 206 g/mol. The Kier molecular flexibility index (Phi) is 3.83. The van der Waals surface area contributed by atoms with Crippen molar-refractivity contribution in [3.63, 3.8) is 0 Å². The minimum atomic E-state index is -0.164. The van der Waals surface area contributed by atoms with Crippen LogP contribution in [0.1, 0.15) is 25.0 Å². The second-order valence-electron chi connectivity index (χ2n) is 3.66. The van der Waals surface area contributed by atoms with Gasteiger partial charge in [-0.3, -0.25) is 4.79 Å². The zero-order valence-electron chi connectivity index (χ0n) is 9.87. The van der Waals surface area contributed by atoms with Crippen LogP contribution in [0.15, 0.2) is 16.9 Å². The highest BCUT2D eigenvalue weighted by molar-refractivity contribution is 5.46. The molecule has 0 N–H and O–H groups in total. The molecule has 1 aromatic heterocycles. The van der Waals surface area contributed by atoms with Gasteiger partial charge in [0.05, 0.1) is 0 Å². The summed E-state index contributed by atoms with van der Waals surface area (Å²) in [4.78, 5) is 17.7. The van der Waals surface area contributed by atoms with Crippen molar-refractivity contribution in [3.05, 3.63) is 33.6 Å². The quantitative estimate of drug-likeness (QED) is 0.757. The third-order valence-electron chi connectivity index (χ3n) is 2.43. The highest BCUT2D eigenvalue weighted by Gasteiger charge is 2.06. The molecule has 1 aromatic rings. The van der Waals surface area contributed by atoms with Crippen molar-refractivity contribution >= 4 is 5.82 Å². The van der Waals surface area contributed by atoms with Gasteiger partial charge in [0.25, 0.3) is 5.56 Å². The van der Waals surface area contributed by atoms with Crippen LogP contribution in [-0.4, -0.2) is 18.1 Å². The highest BCUT2D eigenvalue weighted by atomic mass is 16.1. The third kappa shape index (κ3) is 2.78. The van der Waals surface area contributed by atoms with Crippen molar-refractivity contribution in [2.75, 3.05) is 18.0 Å². The van der Waals surface area contributed by atoms with Crippen molar-refractivity contribution in [1.29, 1.82) is 0 Å². The average molecular weight is 206 g/mol. The first kappa shape index (κ1) is 11.7. The van der Waals surface area contributed by atoms with E-state index in [1.807, 2.05) is 19.9 Å². The first-order valence-corrected chi connectivity index (χ1v) is 5.33. The zero-order valence-corrected chi connectivity index (χ0v) is 9.87. The molecule has 0 unspecified atom stereocenters. The first-order chi connectivity index (χ1) is 7.08. The second kappa shape index (κ2) is 4.91. The van der Waals surface area contributed by atoms with Gasteiger partial charge in [0, 0.05) is 19.2 Å². The second-order valence-corrected chi connectivity index (χ2v) is 3.66. The van der Waals surface area contributed by atoms with Crippen LogP contribution >= 0.6 is 0 Å². The van der Waals surface area contributed by atoms with Crippen LogP contribution in [0.5, 0.6) is 0 Å². The fourth-order valence-electron chi connectivity index (χ4n) is 1.71. The van der Waals surface area contributed by atoms with Gasteiger partial charge in [-0.05, 0) is 38.8 Å². The van der Waals surface area contributed by atoms with Crippen LogP contribution in [0.4, 0.5) is 5.82 Å². The number of aromatic nitrogens is 1. The molecule has 1 heterocycles. The van der Waals surface area contributed by atoms with Gasteiger partial charge in [0.1, 0.15) is 5.82 Å². The standard InChI is InChI=1S/C12H18N2O/c1-5-14(6-2)12-10(4)7-9(3)8-11(15)13-12/h7-8H,5-6H2,1-4H3. The molecule has 0 fully saturated rings. The lowest BCUT2D eigenvalue weighted by atomic mass is 10.2. The van der Waals surface area contributed by atoms with E-state index in [2.05, 4.69) is 23.7 Å². The maximum atomic E-state index is 11.5. The molecular formula is C12H18N2O. The van der Waals surface area contributed by atoms with E-state index in [-0.39, 0.29) is 5.56 Å². The van der Waals surface area contributed by atoms with E-state index in [4.69, 9.17) is 0 Å². The molecule has 1 rings (SSSR count). The highest BCUT2D eigenvalue weighted by Crippen LogP contribution is 2.14. The van der Waals surface area contributed by atoms with Gasteiger partial charge in [-0.1, -0.05) is 6.07 Å². The molecule has 0 atom stereocenters. The van der Waals surface area contributed by atoms with E-state index in [9.17, 15) is 4.79 Å². The molecule has 0 aliphatic rings. The molecule has 0 aliphatic heterocycles. The molecule has 0 saturated carbocycles. The fourth-order valence-corrected chi connectivity index (χ4v) is 1.71. The molecule has 3 heteroatoms. The zero-order chi connectivity index (χ0) is 11.4. The molecule has 0 saturated heterocycles. The molecule has 0 radical (unpaired) electrons. The van der Waals surface area contributed by atoms with Crippen molar-refractivity contribution in [2.24, 2.45) is 0 Å². The number of hydrogen-bond donors (Lipinski definition) is 0. The van der Waals surface area contributed by atoms with E-state index < -0.39 is 0 Å². The van der Waals surface area contributed by atoms with E-state index in [0.29, 0.717) is 0 Å². The van der Waals surface area contributed by atoms with Crippen LogP contribution in [0, 0.1) is 13.8 Å². The summed E-state index contributed by atoms with van der Waals surface area (Å²) in [6, 6.07) is 3.57. The molecular weight excluding hydrogens is 188 g/mol. The summed E-state index contributed by atoms with van der Waals surface area (Å²) in [7, 11) is 0. The maximum absolute atomic E-state index is 11.5. The summed E-state index contributed by atoms with van der Waals surface area (Å²) in [5.41, 5.74) is 1.85. The molecule has 0 spiro atoms. The van der Waals surface area contributed by atoms with Crippen molar-refractivity contribution in [2.45, 2.75) is 27.7 Å². The Morgan fingerprint density at radius 2 is 1.80 bits per heavy atom. The minimum Gasteiger partial charge on any atom is -0.357 e. The first-order valence-electron chi connectivity index (χ1n) is 5.33. The van der Waals surface area contributed by atoms with E-state index in [0.717, 1.165) is 30.0 Å². The smallest absolute Gasteiger partial charge is 0.271 e. The lowest BCUT2D eigenvalue weighted by molar-refractivity contribution is 0.840. The van der Waals surface area contributed by atoms with Gasteiger partial charge >= 0.3 is 0 Å². The summed E-state index contributed by atoms with van der Waals surface area (Å²) in [5, 5.41) is 0. The van der Waals surface area contributed by atoms with Crippen LogP contribution in [-0.2, 0) is 0 Å². The fraction of sp³-hybridized carbons (Fsp3) is 0.500. The Labute approximate surface area is 90.8 Å². The van der Waals surface area contributed by atoms with Gasteiger partial charge in [0.15, 0.2) is 0 Å². The number of aryl methyl sites for hydroxylation is 2. The van der Waals surface area contributed by atoms with Crippen LogP contribution in [0.25, 0.3) is 0 Å². The van der Waals surface area contributed by atoms with Crippen molar-refractivity contribution < 1.29 is 0 Å². The normalized spacial score (nSPS) is 10.1. The van der Waals surface area contributed by atoms with Crippen molar-refractivity contribution in [1.82, 2.24) is 4.98 Å². The van der Waals surface area contributed by atoms with Crippen LogP contribution in [0.3, 0.4) is 0 Å². The number of anilines is 1. The van der Waals surface area contributed by atoms with Crippen molar-refractivity contribution in [3.8, 4) is 0 Å². The largest absolute Gasteiger partial charge is 0.357 e. The summed E-state index contributed by atoms with van der Waals surface area (Å²) in [6.07, 6.45) is 0. The van der Waals surface area contributed by atoms with Gasteiger partial charge in [-0.25, -0.2) is 0 Å². The molecule has 82 valence electrons. The minimum absolute atomic E-state index is 0.164. The predicted octanol–water partition coefficient (Wildman–Crippen LogP) is 1.90. The summed E-state index contributed by atoms with van der Waals surface area (Å²) < 4.78 is 0. The predicted molar refractivity (Wildman–Crippen MR) is 63.5 cm³/mol. The van der Waals surface area contributed by atoms with Crippen LogP contribution in [0.2, 0.25) is 0 Å². The van der Waals surface area contributed by atoms with Crippen LogP contribution < -0.4 is 10.5 Å². The van der Waals surface area contributed by atoms with Gasteiger partial charge < -0.3 is 4.90 Å². The summed E-state index contributed by atoms with van der Waals surface area (Å²) in [6.45, 7) is 9.78. The number of hydrogen-bond acceptors (Lipinski definition) is 3. The number of nitrogens with zero attached hydrogens (tertiary/aromatic N) is 2. The molecule has 15 heavy (non-hydrogen) atoms. The van der Waals surface area contributed by atoms with Gasteiger partial charge in [-0.2, -0.15) is 4.98 Å². The maximum Gasteiger partial charge on any atom is 0.271 e. The van der Waals surface area contributed by atoms with Gasteiger partial charge in [-0.15, -0.1) is 0 Å². The lowest BCUT2D eigenvalue weighted by Gasteiger charge is -2.19. The molecule has 0 bridgehead atoms. The van der Waals surface area contributed by atoms with E-state index in [1.165, 1.54) is 0 Å². The molecule has 0 amide bonds. The van der Waals surface area contributed by atoms with Gasteiger partial charge in [0.2, 0.25) is 0 Å². The Bertz CT molecular complexity index is 397. The van der Waals surface area contributed by atoms with E-state index >= 15 is 0 Å². The molecule has 3 nitrogen and oxygen atoms in total. The van der Waals surface area contributed by atoms with E-state index in [1.54, 1.807) is 6.07 Å². The Balaban J connectivity index is 3.36. The molecule has 0 aliphatic carbocycles. The summed E-state index contributed by atoms with van der Waals surface area (Å²) in [5.74, 6) is 0.804. The average Bonchev–Trinajstić information content (AvgIpc) is 2.28. The third-order valence-corrected chi connectivity index (χ3v) is 2.43. The Hall–Kier alpha value is -1.38. The topological polar surface area (TPSA) is 33.2 Å². The Morgan fingerprint density at radius 3 is 2.33 bits per heavy atom. The number of rotatable bonds is 3. The lowest BCUT2D eigenvalue weighted by Crippen LogP contribution is -2.24. The summed E-state index contributed by atoms with van der Waals surface area (Å²) >= 11 is 0. The molecule has 0 aromatic carbocycles. The Morgan fingerprint density at radius 1 is 1.20 bits per heavy atom.